The van der Waals surface area contributed by atoms with Crippen LogP contribution in [0.15, 0.2) is 18.2 Å². The highest BCUT2D eigenvalue weighted by Crippen LogP contribution is 2.39. The topological polar surface area (TPSA) is 90.5 Å². The minimum atomic E-state index is -0.506. The molecule has 1 saturated carbocycles. The van der Waals surface area contributed by atoms with E-state index in [1.165, 1.54) is 0 Å². The van der Waals surface area contributed by atoms with E-state index >= 15 is 0 Å². The lowest BCUT2D eigenvalue weighted by Crippen LogP contribution is -2.57. The Morgan fingerprint density at radius 2 is 1.88 bits per heavy atom. The van der Waals surface area contributed by atoms with Crippen molar-refractivity contribution in [3.8, 4) is 0 Å². The average Bonchev–Trinajstić information content (AvgIpc) is 2.78. The van der Waals surface area contributed by atoms with Gasteiger partial charge in [-0.05, 0) is 68.7 Å². The van der Waals surface area contributed by atoms with Gasteiger partial charge < -0.3 is 15.5 Å². The zero-order valence-electron chi connectivity index (χ0n) is 19.4. The molecule has 1 aromatic rings. The van der Waals surface area contributed by atoms with Crippen molar-refractivity contribution >= 4 is 23.5 Å². The molecule has 4 rings (SSSR count). The van der Waals surface area contributed by atoms with Crippen LogP contribution in [-0.4, -0.2) is 48.4 Å². The Morgan fingerprint density at radius 3 is 2.62 bits per heavy atom. The van der Waals surface area contributed by atoms with E-state index < -0.39 is 6.03 Å². The van der Waals surface area contributed by atoms with Gasteiger partial charge in [-0.1, -0.05) is 25.3 Å². The van der Waals surface area contributed by atoms with Gasteiger partial charge in [-0.3, -0.25) is 14.9 Å². The molecule has 1 aromatic carbocycles. The number of carbonyl (C=O) groups is 3. The highest BCUT2D eigenvalue weighted by Gasteiger charge is 2.43. The first-order chi connectivity index (χ1) is 15.3. The van der Waals surface area contributed by atoms with Crippen molar-refractivity contribution in [3.63, 3.8) is 0 Å². The number of benzene rings is 1. The van der Waals surface area contributed by atoms with Gasteiger partial charge in [0.1, 0.15) is 0 Å². The molecule has 2 saturated heterocycles. The summed E-state index contributed by atoms with van der Waals surface area (Å²) in [6.45, 7) is 5.10. The molecule has 3 fully saturated rings. The summed E-state index contributed by atoms with van der Waals surface area (Å²) in [5.41, 5.74) is 2.60. The normalized spacial score (nSPS) is 28.7. The summed E-state index contributed by atoms with van der Waals surface area (Å²) in [6, 6.07) is 5.87. The number of fused-ring (bicyclic) bond motifs is 1. The minimum absolute atomic E-state index is 0.0711. The number of amides is 4. The predicted molar refractivity (Wildman–Crippen MR) is 124 cm³/mol. The third kappa shape index (κ3) is 4.82. The number of carbonyl (C=O) groups excluding carboxylic acids is 3. The fourth-order valence-electron chi connectivity index (χ4n) is 5.75. The van der Waals surface area contributed by atoms with E-state index in [1.807, 2.05) is 37.1 Å². The maximum Gasteiger partial charge on any atom is 0.325 e. The predicted octanol–water partition coefficient (Wildman–Crippen LogP) is 3.54. The van der Waals surface area contributed by atoms with E-state index in [9.17, 15) is 14.4 Å². The van der Waals surface area contributed by atoms with Crippen LogP contribution in [-0.2, 0) is 9.59 Å². The molecule has 174 valence electrons. The van der Waals surface area contributed by atoms with Crippen LogP contribution in [0.5, 0.6) is 0 Å². The van der Waals surface area contributed by atoms with Gasteiger partial charge in [0, 0.05) is 37.3 Å². The van der Waals surface area contributed by atoms with Gasteiger partial charge in [0.05, 0.1) is 5.92 Å². The van der Waals surface area contributed by atoms with E-state index in [0.29, 0.717) is 17.6 Å². The smallest absolute Gasteiger partial charge is 0.325 e. The number of anilines is 1. The Morgan fingerprint density at radius 1 is 1.12 bits per heavy atom. The molecule has 2 heterocycles. The molecular weight excluding hydrogens is 404 g/mol. The van der Waals surface area contributed by atoms with Crippen LogP contribution in [0.2, 0.25) is 0 Å². The van der Waals surface area contributed by atoms with Crippen molar-refractivity contribution in [1.82, 2.24) is 15.5 Å². The first-order valence-electron chi connectivity index (χ1n) is 12.1. The van der Waals surface area contributed by atoms with Gasteiger partial charge in [-0.25, -0.2) is 4.79 Å². The SMILES string of the molecule is Cc1ccc(NC(=O)NC(=O)C2CCCCC2)cc1C1CC2CNC(C)CC2N(C)C1=O. The van der Waals surface area contributed by atoms with Gasteiger partial charge in [-0.2, -0.15) is 0 Å². The summed E-state index contributed by atoms with van der Waals surface area (Å²) in [5, 5.41) is 8.85. The van der Waals surface area contributed by atoms with Gasteiger partial charge >= 0.3 is 6.03 Å². The fourth-order valence-corrected chi connectivity index (χ4v) is 5.75. The molecule has 0 bridgehead atoms. The first-order valence-corrected chi connectivity index (χ1v) is 12.1. The van der Waals surface area contributed by atoms with E-state index in [4.69, 9.17) is 0 Å². The molecule has 7 heteroatoms. The second-order valence-corrected chi connectivity index (χ2v) is 9.96. The minimum Gasteiger partial charge on any atom is -0.342 e. The maximum atomic E-state index is 13.3. The number of likely N-dealkylation sites (tertiary alicyclic amines) is 1. The lowest BCUT2D eigenvalue weighted by molar-refractivity contribution is -0.140. The summed E-state index contributed by atoms with van der Waals surface area (Å²) in [5.74, 6) is 0.0934. The van der Waals surface area contributed by atoms with Crippen molar-refractivity contribution in [3.05, 3.63) is 29.3 Å². The molecule has 4 unspecified atom stereocenters. The van der Waals surface area contributed by atoms with E-state index in [-0.39, 0.29) is 29.7 Å². The Hall–Kier alpha value is -2.41. The van der Waals surface area contributed by atoms with Crippen LogP contribution in [0.3, 0.4) is 0 Å². The molecule has 1 aliphatic carbocycles. The molecule has 32 heavy (non-hydrogen) atoms. The number of likely N-dealkylation sites (N-methyl/N-ethyl adjacent to an activating group) is 1. The highest BCUT2D eigenvalue weighted by atomic mass is 16.2. The number of piperidine rings is 2. The Balaban J connectivity index is 1.45. The standard InChI is InChI=1S/C25H36N4O3/c1-15-9-10-19(27-25(32)28-23(30)17-7-5-4-6-8-17)13-20(15)21-12-18-14-26-16(2)11-22(18)29(3)24(21)31/h9-10,13,16-18,21-22,26H,4-8,11-12,14H2,1-3H3,(H2,27,28,30,32). The molecule has 3 N–H and O–H groups in total. The van der Waals surface area contributed by atoms with Crippen LogP contribution in [0.4, 0.5) is 10.5 Å². The maximum absolute atomic E-state index is 13.3. The summed E-state index contributed by atoms with van der Waals surface area (Å²) in [7, 11) is 1.92. The van der Waals surface area contributed by atoms with E-state index in [0.717, 1.165) is 62.6 Å². The third-order valence-corrected chi connectivity index (χ3v) is 7.67. The molecule has 4 atom stereocenters. The number of rotatable bonds is 3. The molecule has 0 radical (unpaired) electrons. The molecule has 4 amide bonds. The number of aryl methyl sites for hydroxylation is 1. The van der Waals surface area contributed by atoms with Gasteiger partial charge in [-0.15, -0.1) is 0 Å². The number of urea groups is 1. The molecular formula is C25H36N4O3. The summed E-state index contributed by atoms with van der Waals surface area (Å²) in [4.78, 5) is 40.0. The number of nitrogens with zero attached hydrogens (tertiary/aromatic N) is 1. The average molecular weight is 441 g/mol. The van der Waals surface area contributed by atoms with Gasteiger partial charge in [0.25, 0.3) is 0 Å². The fraction of sp³-hybridized carbons (Fsp3) is 0.640. The van der Waals surface area contributed by atoms with Crippen molar-refractivity contribution in [1.29, 1.82) is 0 Å². The first kappa shape index (κ1) is 22.8. The van der Waals surface area contributed by atoms with Gasteiger partial charge in [0.15, 0.2) is 0 Å². The Kier molecular flexibility index (Phi) is 6.84. The van der Waals surface area contributed by atoms with Crippen molar-refractivity contribution in [2.24, 2.45) is 11.8 Å². The van der Waals surface area contributed by atoms with Crippen molar-refractivity contribution < 1.29 is 14.4 Å². The zero-order chi connectivity index (χ0) is 22.8. The third-order valence-electron chi connectivity index (χ3n) is 7.67. The van der Waals surface area contributed by atoms with Crippen LogP contribution >= 0.6 is 0 Å². The molecule has 7 nitrogen and oxygen atoms in total. The molecule has 0 spiro atoms. The summed E-state index contributed by atoms with van der Waals surface area (Å²) < 4.78 is 0. The zero-order valence-corrected chi connectivity index (χ0v) is 19.4. The quantitative estimate of drug-likeness (QED) is 0.671. The second-order valence-electron chi connectivity index (χ2n) is 9.96. The lowest BCUT2D eigenvalue weighted by Gasteiger charge is -2.47. The monoisotopic (exact) mass is 440 g/mol. The number of imide groups is 1. The lowest BCUT2D eigenvalue weighted by atomic mass is 9.75. The highest BCUT2D eigenvalue weighted by molar-refractivity contribution is 6.02. The Labute approximate surface area is 190 Å². The van der Waals surface area contributed by atoms with Crippen molar-refractivity contribution in [2.75, 3.05) is 18.9 Å². The molecule has 2 aliphatic heterocycles. The second kappa shape index (κ2) is 9.61. The molecule has 3 aliphatic rings. The van der Waals surface area contributed by atoms with Crippen LogP contribution < -0.4 is 16.0 Å². The number of hydrogen-bond acceptors (Lipinski definition) is 4. The van der Waals surface area contributed by atoms with Crippen LogP contribution in [0, 0.1) is 18.8 Å². The molecule has 0 aromatic heterocycles. The largest absolute Gasteiger partial charge is 0.342 e. The van der Waals surface area contributed by atoms with E-state index in [2.05, 4.69) is 22.9 Å². The van der Waals surface area contributed by atoms with Crippen LogP contribution in [0.1, 0.15) is 68.9 Å². The van der Waals surface area contributed by atoms with E-state index in [1.54, 1.807) is 0 Å². The van der Waals surface area contributed by atoms with Gasteiger partial charge in [0.2, 0.25) is 11.8 Å². The number of hydrogen-bond donors (Lipinski definition) is 3. The number of nitrogens with one attached hydrogen (secondary N) is 3. The Bertz CT molecular complexity index is 880. The van der Waals surface area contributed by atoms with Crippen molar-refractivity contribution in [2.45, 2.75) is 76.8 Å². The summed E-state index contributed by atoms with van der Waals surface area (Å²) in [6.07, 6.45) is 6.73. The summed E-state index contributed by atoms with van der Waals surface area (Å²) >= 11 is 0. The van der Waals surface area contributed by atoms with Crippen LogP contribution in [0.25, 0.3) is 0 Å².